The number of nitriles is 2. The fraction of sp³-hybridized carbons (Fsp3) is 0.0645. The molecule has 2 aliphatic rings. The number of allylic oxidation sites excluding steroid dienone is 4. The van der Waals surface area contributed by atoms with Crippen molar-refractivity contribution in [2.45, 2.75) is 11.8 Å². The van der Waals surface area contributed by atoms with Crippen molar-refractivity contribution < 1.29 is 0 Å². The molecule has 0 fully saturated rings. The van der Waals surface area contributed by atoms with Gasteiger partial charge in [-0.25, -0.2) is 15.0 Å². The molecule has 4 aromatic rings. The van der Waals surface area contributed by atoms with Crippen LogP contribution in [0, 0.1) is 22.7 Å². The molecule has 0 saturated carbocycles. The molecule has 6 heteroatoms. The van der Waals surface area contributed by atoms with Crippen molar-refractivity contribution >= 4 is 11.3 Å². The monoisotopic (exact) mass is 476 g/mol. The quantitative estimate of drug-likeness (QED) is 0.419. The molecule has 1 atom stereocenters. The van der Waals surface area contributed by atoms with E-state index >= 15 is 0 Å². The Balaban J connectivity index is 1.67. The van der Waals surface area contributed by atoms with Gasteiger partial charge in [0.25, 0.3) is 0 Å². The van der Waals surface area contributed by atoms with Crippen molar-refractivity contribution in [2.75, 3.05) is 0 Å². The van der Waals surface area contributed by atoms with Gasteiger partial charge in [-0.15, -0.1) is 0 Å². The number of rotatable bonds is 2. The summed E-state index contributed by atoms with van der Waals surface area (Å²) < 4.78 is 0. The summed E-state index contributed by atoms with van der Waals surface area (Å²) in [6.07, 6.45) is 6.04. The van der Waals surface area contributed by atoms with Gasteiger partial charge in [0.15, 0.2) is 0 Å². The summed E-state index contributed by atoms with van der Waals surface area (Å²) in [5, 5.41) is 24.2. The van der Waals surface area contributed by atoms with E-state index in [4.69, 9.17) is 15.0 Å². The second-order valence-corrected chi connectivity index (χ2v) is 8.87. The van der Waals surface area contributed by atoms with Crippen LogP contribution in [0.25, 0.3) is 22.7 Å². The largest absolute Gasteiger partial charge is 0.353 e. The number of aromatic nitrogens is 3. The first kappa shape index (κ1) is 22.2. The fourth-order valence-corrected chi connectivity index (χ4v) is 4.74. The van der Waals surface area contributed by atoms with E-state index in [2.05, 4.69) is 17.5 Å². The highest BCUT2D eigenvalue weighted by Crippen LogP contribution is 2.36. The molecule has 3 aromatic heterocycles. The highest BCUT2D eigenvalue weighted by atomic mass is 14.9. The molecule has 6 nitrogen and oxygen atoms in total. The van der Waals surface area contributed by atoms with Crippen molar-refractivity contribution in [3.63, 3.8) is 0 Å². The minimum absolute atomic E-state index is 0.404. The lowest BCUT2D eigenvalue weighted by Crippen LogP contribution is -2.32. The van der Waals surface area contributed by atoms with Crippen LogP contribution in [0.5, 0.6) is 0 Å². The van der Waals surface area contributed by atoms with Gasteiger partial charge in [0.1, 0.15) is 17.1 Å². The van der Waals surface area contributed by atoms with Crippen LogP contribution >= 0.6 is 0 Å². The van der Waals surface area contributed by atoms with Gasteiger partial charge in [-0.2, -0.15) is 10.5 Å². The third-order valence-corrected chi connectivity index (χ3v) is 6.60. The predicted octanol–water partition coefficient (Wildman–Crippen LogP) is 5.34. The minimum atomic E-state index is -1.14. The normalized spacial score (nSPS) is 19.5. The fourth-order valence-electron chi connectivity index (χ4n) is 4.74. The number of dihydropyridines is 1. The molecule has 1 aromatic carbocycles. The van der Waals surface area contributed by atoms with E-state index in [-0.39, 0.29) is 0 Å². The summed E-state index contributed by atoms with van der Waals surface area (Å²) in [5.41, 5.74) is 5.28. The van der Waals surface area contributed by atoms with Gasteiger partial charge >= 0.3 is 0 Å². The van der Waals surface area contributed by atoms with Crippen LogP contribution in [-0.4, -0.2) is 15.0 Å². The van der Waals surface area contributed by atoms with Crippen LogP contribution in [0.4, 0.5) is 0 Å². The standard InChI is InChI=1S/C31H20N6/c32-19-22-23-10-4-12-25(34-23)27-14-6-16-29(36-27)31(20-33,18-21-8-2-1-3-9-21)30-17-7-15-28(37-30)26-13-5-11-24(22)35-26/h1-17,34H,18H2/b23-22-. The smallest absolute Gasteiger partial charge is 0.145 e. The third kappa shape index (κ3) is 3.87. The highest BCUT2D eigenvalue weighted by Gasteiger charge is 2.38. The molecule has 0 radical (unpaired) electrons. The Kier molecular flexibility index (Phi) is 5.41. The van der Waals surface area contributed by atoms with E-state index in [1.807, 2.05) is 103 Å². The molecule has 1 N–H and O–H groups in total. The van der Waals surface area contributed by atoms with Crippen molar-refractivity contribution in [1.82, 2.24) is 20.3 Å². The Morgan fingerprint density at radius 3 is 2.08 bits per heavy atom. The van der Waals surface area contributed by atoms with Crippen LogP contribution in [0.15, 0.2) is 109 Å². The minimum Gasteiger partial charge on any atom is -0.353 e. The van der Waals surface area contributed by atoms with E-state index in [0.29, 0.717) is 51.9 Å². The van der Waals surface area contributed by atoms with Gasteiger partial charge in [0.05, 0.1) is 51.6 Å². The zero-order chi connectivity index (χ0) is 25.2. The molecule has 8 bridgehead atoms. The van der Waals surface area contributed by atoms with E-state index in [0.717, 1.165) is 11.3 Å². The first-order chi connectivity index (χ1) is 18.2. The van der Waals surface area contributed by atoms with Crippen molar-refractivity contribution in [2.24, 2.45) is 0 Å². The Labute approximate surface area is 214 Å². The maximum absolute atomic E-state index is 10.8. The van der Waals surface area contributed by atoms with Gasteiger partial charge in [0, 0.05) is 6.42 Å². The summed E-state index contributed by atoms with van der Waals surface area (Å²) in [5.74, 6) is 0. The van der Waals surface area contributed by atoms with Crippen LogP contribution in [0.2, 0.25) is 0 Å². The summed E-state index contributed by atoms with van der Waals surface area (Å²) in [6.45, 7) is 0. The van der Waals surface area contributed by atoms with Gasteiger partial charge < -0.3 is 5.32 Å². The van der Waals surface area contributed by atoms with Crippen molar-refractivity contribution in [3.05, 3.63) is 137 Å². The summed E-state index contributed by atoms with van der Waals surface area (Å²) in [7, 11) is 0. The lowest BCUT2D eigenvalue weighted by molar-refractivity contribution is 0.609. The van der Waals surface area contributed by atoms with Crippen LogP contribution in [0.3, 0.4) is 0 Å². The third-order valence-electron chi connectivity index (χ3n) is 6.60. The Hall–Kier alpha value is -5.33. The van der Waals surface area contributed by atoms with Crippen LogP contribution < -0.4 is 5.32 Å². The summed E-state index contributed by atoms with van der Waals surface area (Å²) >= 11 is 0. The number of hydrogen-bond donors (Lipinski definition) is 1. The van der Waals surface area contributed by atoms with E-state index < -0.39 is 5.41 Å². The second-order valence-electron chi connectivity index (χ2n) is 8.87. The highest BCUT2D eigenvalue weighted by molar-refractivity contribution is 5.83. The number of hydrogen-bond acceptors (Lipinski definition) is 6. The zero-order valence-electron chi connectivity index (χ0n) is 19.8. The Morgan fingerprint density at radius 2 is 1.35 bits per heavy atom. The molecule has 174 valence electrons. The molecule has 5 heterocycles. The number of benzene rings is 1. The molecular formula is C31H20N6. The van der Waals surface area contributed by atoms with E-state index in [1.165, 1.54) is 0 Å². The van der Waals surface area contributed by atoms with Crippen LogP contribution in [-0.2, 0) is 11.8 Å². The molecule has 0 aliphatic carbocycles. The van der Waals surface area contributed by atoms with Crippen molar-refractivity contribution in [1.29, 1.82) is 10.5 Å². The van der Waals surface area contributed by atoms with Gasteiger partial charge in [-0.3, -0.25) is 0 Å². The molecule has 2 aliphatic heterocycles. The molecular weight excluding hydrogens is 456 g/mol. The van der Waals surface area contributed by atoms with E-state index in [9.17, 15) is 10.5 Å². The average Bonchev–Trinajstić information content (AvgIpc) is 2.97. The molecule has 0 saturated heterocycles. The van der Waals surface area contributed by atoms with Crippen molar-refractivity contribution in [3.8, 4) is 23.5 Å². The van der Waals surface area contributed by atoms with Crippen LogP contribution in [0.1, 0.15) is 28.3 Å². The predicted molar refractivity (Wildman–Crippen MR) is 141 cm³/mol. The average molecular weight is 477 g/mol. The molecule has 1 unspecified atom stereocenters. The Bertz CT molecular complexity index is 1700. The summed E-state index contributed by atoms with van der Waals surface area (Å²) in [6, 6.07) is 31.7. The lowest BCUT2D eigenvalue weighted by atomic mass is 9.76. The topological polar surface area (TPSA) is 98.3 Å². The molecule has 37 heavy (non-hydrogen) atoms. The van der Waals surface area contributed by atoms with Gasteiger partial charge in [-0.05, 0) is 54.1 Å². The number of nitrogens with zero attached hydrogens (tertiary/aromatic N) is 5. The lowest BCUT2D eigenvalue weighted by Gasteiger charge is -2.27. The number of nitrogens with one attached hydrogen (secondary N) is 1. The van der Waals surface area contributed by atoms with Gasteiger partial charge in [0.2, 0.25) is 0 Å². The number of pyridine rings is 3. The van der Waals surface area contributed by atoms with E-state index in [1.54, 1.807) is 0 Å². The number of fused-ring (bicyclic) bond motifs is 10. The van der Waals surface area contributed by atoms with Gasteiger partial charge in [-0.1, -0.05) is 54.6 Å². The molecule has 0 amide bonds. The maximum Gasteiger partial charge on any atom is 0.145 e. The second kappa shape index (κ2) is 9.03. The zero-order valence-corrected chi connectivity index (χ0v) is 19.8. The molecule has 0 spiro atoms. The first-order valence-corrected chi connectivity index (χ1v) is 11.9. The summed E-state index contributed by atoms with van der Waals surface area (Å²) in [4.78, 5) is 14.7. The SMILES string of the molecule is N#C/C1=C2\C=CC=C(N2)c2cccc(n2)C(C#N)(Cc2ccccc2)c2cccc(n2)-c2cccc1n2. The Morgan fingerprint density at radius 1 is 0.703 bits per heavy atom. The molecule has 6 rings (SSSR count). The maximum atomic E-state index is 10.8. The first-order valence-electron chi connectivity index (χ1n) is 11.9.